The van der Waals surface area contributed by atoms with E-state index >= 15 is 0 Å². The third-order valence-electron chi connectivity index (χ3n) is 3.93. The number of nitrogens with one attached hydrogen (secondary N) is 2. The largest absolute Gasteiger partial charge is 0.481 e. The Hall–Kier alpha value is -2.42. The van der Waals surface area contributed by atoms with Crippen molar-refractivity contribution in [3.63, 3.8) is 0 Å². The van der Waals surface area contributed by atoms with Crippen LogP contribution in [0.1, 0.15) is 19.3 Å². The molecule has 1 fully saturated rings. The molecule has 1 saturated carbocycles. The summed E-state index contributed by atoms with van der Waals surface area (Å²) >= 11 is 3.32. The number of hydrogen-bond acceptors (Lipinski definition) is 4. The molecule has 2 aromatic rings. The van der Waals surface area contributed by atoms with Gasteiger partial charge in [-0.15, -0.1) is 0 Å². The van der Waals surface area contributed by atoms with Crippen molar-refractivity contribution in [2.45, 2.75) is 25.3 Å². The molecule has 0 unspecified atom stereocenters. The molecule has 0 spiro atoms. The highest BCUT2D eigenvalue weighted by molar-refractivity contribution is 9.10. The topological polar surface area (TPSA) is 109 Å². The second-order valence-electron chi connectivity index (χ2n) is 5.61. The maximum absolute atomic E-state index is 12.1. The highest BCUT2D eigenvalue weighted by Crippen LogP contribution is 2.25. The molecule has 2 amide bonds. The van der Waals surface area contributed by atoms with Gasteiger partial charge in [-0.3, -0.25) is 10.1 Å². The average molecular weight is 394 g/mol. The van der Waals surface area contributed by atoms with Crippen molar-refractivity contribution >= 4 is 33.7 Å². The standard InChI is InChI=1S/C15H16BrN5O3/c16-10-2-4-12(17-8-10)21-13(5-6-18-21)20-15(24)19-11-3-1-9(7-11)14(22)23/h2,4-6,8-9,11H,1,3,7H2,(H,22,23)(H2,19,20,24)/t9-,11+/m1/s1. The molecule has 2 heterocycles. The van der Waals surface area contributed by atoms with Crippen molar-refractivity contribution in [3.8, 4) is 5.82 Å². The SMILES string of the molecule is O=C(Nc1ccnn1-c1ccc(Br)cn1)N[C@H]1CC[C@@H](C(=O)O)C1. The number of urea groups is 1. The van der Waals surface area contributed by atoms with Gasteiger partial charge in [0.15, 0.2) is 5.82 Å². The smallest absolute Gasteiger partial charge is 0.320 e. The van der Waals surface area contributed by atoms with Crippen LogP contribution in [0, 0.1) is 5.92 Å². The summed E-state index contributed by atoms with van der Waals surface area (Å²) in [5.41, 5.74) is 0. The summed E-state index contributed by atoms with van der Waals surface area (Å²) in [7, 11) is 0. The first-order valence-electron chi connectivity index (χ1n) is 7.49. The van der Waals surface area contributed by atoms with Crippen molar-refractivity contribution in [3.05, 3.63) is 35.1 Å². The quantitative estimate of drug-likeness (QED) is 0.738. The molecule has 1 aliphatic carbocycles. The van der Waals surface area contributed by atoms with Crippen LogP contribution >= 0.6 is 15.9 Å². The second-order valence-corrected chi connectivity index (χ2v) is 6.52. The third kappa shape index (κ3) is 3.73. The highest BCUT2D eigenvalue weighted by atomic mass is 79.9. The molecule has 126 valence electrons. The number of nitrogens with zero attached hydrogens (tertiary/aromatic N) is 3. The Bertz CT molecular complexity index is 746. The number of carboxylic acids is 1. The molecular formula is C15H16BrN5O3. The van der Waals surface area contributed by atoms with E-state index < -0.39 is 5.97 Å². The number of pyridine rings is 1. The third-order valence-corrected chi connectivity index (χ3v) is 4.40. The molecule has 0 bridgehead atoms. The number of amides is 2. The fourth-order valence-electron chi connectivity index (χ4n) is 2.75. The number of rotatable bonds is 4. The molecule has 24 heavy (non-hydrogen) atoms. The first-order chi connectivity index (χ1) is 11.5. The van der Waals surface area contributed by atoms with Gasteiger partial charge in [-0.05, 0) is 47.3 Å². The molecule has 0 aliphatic heterocycles. The minimum atomic E-state index is -0.806. The van der Waals surface area contributed by atoms with E-state index in [1.165, 1.54) is 4.68 Å². The predicted molar refractivity (Wildman–Crippen MR) is 90.0 cm³/mol. The van der Waals surface area contributed by atoms with Crippen molar-refractivity contribution in [1.82, 2.24) is 20.1 Å². The maximum atomic E-state index is 12.1. The highest BCUT2D eigenvalue weighted by Gasteiger charge is 2.30. The summed E-state index contributed by atoms with van der Waals surface area (Å²) in [5, 5.41) is 18.7. The lowest BCUT2D eigenvalue weighted by Crippen LogP contribution is -2.37. The van der Waals surface area contributed by atoms with Crippen LogP contribution in [0.3, 0.4) is 0 Å². The molecule has 3 rings (SSSR count). The van der Waals surface area contributed by atoms with Gasteiger partial charge in [-0.2, -0.15) is 9.78 Å². The second kappa shape index (κ2) is 7.00. The zero-order valence-corrected chi connectivity index (χ0v) is 14.2. The van der Waals surface area contributed by atoms with Crippen LogP contribution in [0.2, 0.25) is 0 Å². The van der Waals surface area contributed by atoms with E-state index in [0.717, 1.165) is 4.47 Å². The normalized spacial score (nSPS) is 19.9. The van der Waals surface area contributed by atoms with Gasteiger partial charge in [-0.1, -0.05) is 0 Å². The van der Waals surface area contributed by atoms with Gasteiger partial charge in [0.1, 0.15) is 5.82 Å². The summed E-state index contributed by atoms with van der Waals surface area (Å²) in [5.74, 6) is -0.132. The molecule has 0 saturated heterocycles. The summed E-state index contributed by atoms with van der Waals surface area (Å²) in [6, 6.07) is 4.75. The number of aromatic nitrogens is 3. The molecule has 0 aromatic carbocycles. The van der Waals surface area contributed by atoms with E-state index in [1.807, 2.05) is 6.07 Å². The van der Waals surface area contributed by atoms with Crippen molar-refractivity contribution in [2.75, 3.05) is 5.32 Å². The Kier molecular flexibility index (Phi) is 4.79. The molecule has 2 aromatic heterocycles. The van der Waals surface area contributed by atoms with Gasteiger partial charge < -0.3 is 10.4 Å². The van der Waals surface area contributed by atoms with Crippen LogP contribution in [0.4, 0.5) is 10.6 Å². The Labute approximate surface area is 146 Å². The van der Waals surface area contributed by atoms with E-state index in [4.69, 9.17) is 5.11 Å². The van der Waals surface area contributed by atoms with Gasteiger partial charge in [0.05, 0.1) is 12.1 Å². The monoisotopic (exact) mass is 393 g/mol. The van der Waals surface area contributed by atoms with Crippen LogP contribution in [0.5, 0.6) is 0 Å². The van der Waals surface area contributed by atoms with Crippen molar-refractivity contribution in [1.29, 1.82) is 0 Å². The van der Waals surface area contributed by atoms with Gasteiger partial charge in [0.25, 0.3) is 0 Å². The summed E-state index contributed by atoms with van der Waals surface area (Å²) in [6.45, 7) is 0. The minimum absolute atomic E-state index is 0.131. The van der Waals surface area contributed by atoms with Crippen LogP contribution in [-0.2, 0) is 4.79 Å². The van der Waals surface area contributed by atoms with Crippen LogP contribution < -0.4 is 10.6 Å². The molecule has 9 heteroatoms. The lowest BCUT2D eigenvalue weighted by Gasteiger charge is -2.14. The maximum Gasteiger partial charge on any atom is 0.320 e. The molecule has 8 nitrogen and oxygen atoms in total. The Morgan fingerprint density at radius 2 is 2.12 bits per heavy atom. The Balaban J connectivity index is 1.63. The number of halogens is 1. The zero-order valence-electron chi connectivity index (χ0n) is 12.6. The van der Waals surface area contributed by atoms with Gasteiger partial charge in [-0.25, -0.2) is 9.78 Å². The number of carboxylic acid groups (broad SMARTS) is 1. The lowest BCUT2D eigenvalue weighted by molar-refractivity contribution is -0.141. The molecule has 2 atom stereocenters. The lowest BCUT2D eigenvalue weighted by atomic mass is 10.1. The fourth-order valence-corrected chi connectivity index (χ4v) is 2.98. The van der Waals surface area contributed by atoms with E-state index in [-0.39, 0.29) is 18.0 Å². The predicted octanol–water partition coefficient (Wildman–Crippen LogP) is 2.40. The first-order valence-corrected chi connectivity index (χ1v) is 8.28. The number of aliphatic carboxylic acids is 1. The number of hydrogen-bond donors (Lipinski definition) is 3. The summed E-state index contributed by atoms with van der Waals surface area (Å²) < 4.78 is 2.36. The molecular weight excluding hydrogens is 378 g/mol. The number of anilines is 1. The first kappa shape index (κ1) is 16.4. The van der Waals surface area contributed by atoms with E-state index in [9.17, 15) is 9.59 Å². The summed E-state index contributed by atoms with van der Waals surface area (Å²) in [4.78, 5) is 27.3. The van der Waals surface area contributed by atoms with Crippen LogP contribution in [-0.4, -0.2) is 37.9 Å². The van der Waals surface area contributed by atoms with Crippen LogP contribution in [0.25, 0.3) is 5.82 Å². The molecule has 1 aliphatic rings. The molecule has 0 radical (unpaired) electrons. The van der Waals surface area contributed by atoms with Crippen molar-refractivity contribution < 1.29 is 14.7 Å². The van der Waals surface area contributed by atoms with E-state index in [2.05, 4.69) is 36.6 Å². The van der Waals surface area contributed by atoms with E-state index in [0.29, 0.717) is 30.9 Å². The number of carbonyl (C=O) groups is 2. The zero-order chi connectivity index (χ0) is 17.1. The fraction of sp³-hybridized carbons (Fsp3) is 0.333. The summed E-state index contributed by atoms with van der Waals surface area (Å²) in [6.07, 6.45) is 4.91. The average Bonchev–Trinajstić information content (AvgIpc) is 3.17. The van der Waals surface area contributed by atoms with Gasteiger partial charge >= 0.3 is 12.0 Å². The van der Waals surface area contributed by atoms with Crippen LogP contribution in [0.15, 0.2) is 35.1 Å². The molecule has 3 N–H and O–H groups in total. The Morgan fingerprint density at radius 1 is 1.29 bits per heavy atom. The number of carbonyl (C=O) groups excluding carboxylic acids is 1. The van der Waals surface area contributed by atoms with Crippen molar-refractivity contribution in [2.24, 2.45) is 5.92 Å². The van der Waals surface area contributed by atoms with Gasteiger partial charge in [0.2, 0.25) is 0 Å². The van der Waals surface area contributed by atoms with E-state index in [1.54, 1.807) is 24.5 Å². The van der Waals surface area contributed by atoms with Gasteiger partial charge in [0, 0.05) is 22.8 Å². The minimum Gasteiger partial charge on any atom is -0.481 e. The Morgan fingerprint density at radius 3 is 2.79 bits per heavy atom.